The Morgan fingerprint density at radius 3 is 1.86 bits per heavy atom. The molecule has 49 heavy (non-hydrogen) atoms. The first-order chi connectivity index (χ1) is 22.6. The molecule has 2 rings (SSSR count). The molecule has 0 saturated heterocycles. The van der Waals surface area contributed by atoms with Crippen molar-refractivity contribution in [2.75, 3.05) is 40.5 Å². The number of nitrogens with zero attached hydrogens (tertiary/aromatic N) is 1. The zero-order valence-corrected chi connectivity index (χ0v) is 32.2. The van der Waals surface area contributed by atoms with Gasteiger partial charge in [-0.15, -0.1) is 0 Å². The number of hydrogen-bond acceptors (Lipinski definition) is 9. The van der Waals surface area contributed by atoms with Crippen LogP contribution in [-0.4, -0.2) is 68.0 Å². The largest absolute Gasteiger partial charge is 0.472 e. The van der Waals surface area contributed by atoms with Crippen LogP contribution in [0.2, 0.25) is 0 Å². The molecule has 1 N–H and O–H groups in total. The van der Waals surface area contributed by atoms with E-state index in [1.807, 2.05) is 64.9 Å². The van der Waals surface area contributed by atoms with Crippen molar-refractivity contribution in [2.24, 2.45) is 34.0 Å². The lowest BCUT2D eigenvalue weighted by molar-refractivity contribution is -0.161. The van der Waals surface area contributed by atoms with Gasteiger partial charge in [-0.25, -0.2) is 4.57 Å². The molecule has 0 heterocycles. The molecule has 3 atom stereocenters. The van der Waals surface area contributed by atoms with Crippen molar-refractivity contribution >= 4 is 25.5 Å². The number of carbonyl (C=O) groups is 3. The Morgan fingerprint density at radius 2 is 1.33 bits per heavy atom. The van der Waals surface area contributed by atoms with E-state index in [0.29, 0.717) is 36.3 Å². The minimum Gasteiger partial charge on any atom is -0.463 e. The first kappa shape index (κ1) is 42.3. The summed E-state index contributed by atoms with van der Waals surface area (Å²) in [6, 6.07) is 15.6. The highest BCUT2D eigenvalue weighted by atomic mass is 31.2. The first-order valence-corrected chi connectivity index (χ1v) is 18.4. The lowest BCUT2D eigenvalue weighted by Gasteiger charge is -2.49. The van der Waals surface area contributed by atoms with Crippen LogP contribution in [0.15, 0.2) is 54.6 Å². The van der Waals surface area contributed by atoms with Crippen LogP contribution in [0.4, 0.5) is 0 Å². The fourth-order valence-electron chi connectivity index (χ4n) is 5.52. The molecule has 11 heteroatoms. The molecule has 0 aliphatic carbocycles. The van der Waals surface area contributed by atoms with Gasteiger partial charge in [-0.1, -0.05) is 92.6 Å². The van der Waals surface area contributed by atoms with Crippen LogP contribution in [0.3, 0.4) is 0 Å². The number of carbonyl (C=O) groups excluding carboxylic acids is 3. The molecule has 0 fully saturated rings. The molecule has 0 bridgehead atoms. The van der Waals surface area contributed by atoms with E-state index < -0.39 is 36.5 Å². The van der Waals surface area contributed by atoms with Gasteiger partial charge in [-0.05, 0) is 73.4 Å². The quantitative estimate of drug-likeness (QED) is 0.0508. The van der Waals surface area contributed by atoms with E-state index in [9.17, 15) is 23.8 Å². The van der Waals surface area contributed by atoms with E-state index in [1.54, 1.807) is 36.4 Å². The van der Waals surface area contributed by atoms with Gasteiger partial charge in [0.1, 0.15) is 12.4 Å². The topological polar surface area (TPSA) is 129 Å². The highest BCUT2D eigenvalue weighted by Crippen LogP contribution is 2.52. The van der Waals surface area contributed by atoms with E-state index in [1.165, 1.54) is 0 Å². The van der Waals surface area contributed by atoms with E-state index in [4.69, 9.17) is 18.5 Å². The van der Waals surface area contributed by atoms with Gasteiger partial charge < -0.3 is 19.3 Å². The van der Waals surface area contributed by atoms with Crippen LogP contribution in [0.5, 0.6) is 5.75 Å². The molecule has 3 unspecified atom stereocenters. The normalized spacial score (nSPS) is 15.1. The molecule has 0 aliphatic heterocycles. The Balaban J connectivity index is 2.15. The summed E-state index contributed by atoms with van der Waals surface area (Å²) in [4.78, 5) is 51.9. The zero-order valence-electron chi connectivity index (χ0n) is 31.3. The molecule has 0 saturated carbocycles. The van der Waals surface area contributed by atoms with Crippen molar-refractivity contribution in [1.29, 1.82) is 0 Å². The fourth-order valence-corrected chi connectivity index (χ4v) is 6.21. The Bertz CT molecular complexity index is 1410. The maximum Gasteiger partial charge on any atom is 0.472 e. The molecule has 2 aromatic rings. The number of phosphoric ester groups is 1. The minimum atomic E-state index is -4.28. The molecule has 0 aliphatic rings. The Labute approximate surface area is 293 Å². The second kappa shape index (κ2) is 17.9. The van der Waals surface area contributed by atoms with Gasteiger partial charge in [0, 0.05) is 17.7 Å². The zero-order chi connectivity index (χ0) is 37.2. The van der Waals surface area contributed by atoms with Crippen LogP contribution >= 0.6 is 7.82 Å². The van der Waals surface area contributed by atoms with Gasteiger partial charge in [-0.3, -0.25) is 23.4 Å². The van der Waals surface area contributed by atoms with Crippen LogP contribution in [0.1, 0.15) is 91.1 Å². The summed E-state index contributed by atoms with van der Waals surface area (Å²) < 4.78 is 33.6. The summed E-state index contributed by atoms with van der Waals surface area (Å²) in [5, 5.41) is 0. The lowest BCUT2D eigenvalue weighted by atomic mass is 9.55. The smallest absolute Gasteiger partial charge is 0.463 e. The Morgan fingerprint density at radius 1 is 0.776 bits per heavy atom. The minimum absolute atomic E-state index is 0.0183. The number of benzene rings is 2. The third kappa shape index (κ3) is 13.4. The summed E-state index contributed by atoms with van der Waals surface area (Å²) in [6.07, 6.45) is 0.955. The van der Waals surface area contributed by atoms with Crippen LogP contribution in [0, 0.1) is 34.0 Å². The highest BCUT2D eigenvalue weighted by Gasteiger charge is 2.50. The summed E-state index contributed by atoms with van der Waals surface area (Å²) in [5.74, 6) is -1.67. The van der Waals surface area contributed by atoms with Crippen molar-refractivity contribution in [3.63, 3.8) is 0 Å². The van der Waals surface area contributed by atoms with E-state index in [-0.39, 0.29) is 42.9 Å². The number of rotatable bonds is 19. The number of phosphoric acid groups is 1. The molecule has 0 amide bonds. The Kier molecular flexibility index (Phi) is 15.4. The average Bonchev–Trinajstić information content (AvgIpc) is 3.00. The van der Waals surface area contributed by atoms with Gasteiger partial charge in [-0.2, -0.15) is 0 Å². The van der Waals surface area contributed by atoms with Gasteiger partial charge in [0.15, 0.2) is 5.78 Å². The van der Waals surface area contributed by atoms with Gasteiger partial charge in [0.2, 0.25) is 0 Å². The summed E-state index contributed by atoms with van der Waals surface area (Å²) >= 11 is 0. The fraction of sp³-hybridized carbons (Fsp3) is 0.605. The molecule has 2 aromatic carbocycles. The van der Waals surface area contributed by atoms with Crippen LogP contribution in [-0.2, 0) is 27.9 Å². The van der Waals surface area contributed by atoms with Gasteiger partial charge in [0.25, 0.3) is 0 Å². The standard InChI is InChI=1S/C38H58NO9P/c1-27(2)31(34(41)48-30-19-17-29(18-20-30)33(40)28-15-13-12-14-16-28)25-37(6,7)38(8,9)32(26-36(3,4)5)35(42)45-23-24-47-49(43,44)46-22-21-39(10)11/h12-20,27,31-32H,21-26H2,1-11H3,(H,43,44). The second-order valence-corrected chi connectivity index (χ2v) is 17.2. The van der Waals surface area contributed by atoms with Crippen molar-refractivity contribution in [3.8, 4) is 5.75 Å². The van der Waals surface area contributed by atoms with Crippen molar-refractivity contribution < 1.29 is 42.4 Å². The summed E-state index contributed by atoms with van der Waals surface area (Å²) in [5.41, 5.74) is -0.336. The molecular weight excluding hydrogens is 645 g/mol. The van der Waals surface area contributed by atoms with Crippen molar-refractivity contribution in [1.82, 2.24) is 4.90 Å². The van der Waals surface area contributed by atoms with Crippen LogP contribution < -0.4 is 4.74 Å². The van der Waals surface area contributed by atoms with E-state index >= 15 is 0 Å². The number of ether oxygens (including phenoxy) is 2. The van der Waals surface area contributed by atoms with Crippen molar-refractivity contribution in [2.45, 2.75) is 75.2 Å². The maximum atomic E-state index is 13.7. The molecular formula is C38H58NO9P. The predicted molar refractivity (Wildman–Crippen MR) is 191 cm³/mol. The summed E-state index contributed by atoms with van der Waals surface area (Å²) in [6.45, 7) is 18.2. The second-order valence-electron chi connectivity index (χ2n) is 15.7. The third-order valence-corrected chi connectivity index (χ3v) is 10.3. The lowest BCUT2D eigenvalue weighted by Crippen LogP contribution is -2.47. The number of likely N-dealkylation sites (N-methyl/N-ethyl adjacent to an activating group) is 1. The van der Waals surface area contributed by atoms with Gasteiger partial charge >= 0.3 is 19.8 Å². The maximum absolute atomic E-state index is 13.7. The number of esters is 2. The number of ketones is 1. The third-order valence-electron chi connectivity index (χ3n) is 9.30. The average molecular weight is 704 g/mol. The van der Waals surface area contributed by atoms with E-state index in [0.717, 1.165) is 0 Å². The molecule has 0 aromatic heterocycles. The van der Waals surface area contributed by atoms with E-state index in [2.05, 4.69) is 34.6 Å². The predicted octanol–water partition coefficient (Wildman–Crippen LogP) is 7.83. The van der Waals surface area contributed by atoms with Crippen LogP contribution in [0.25, 0.3) is 0 Å². The summed E-state index contributed by atoms with van der Waals surface area (Å²) in [7, 11) is -0.653. The molecule has 274 valence electrons. The SMILES string of the molecule is CC(C)C(CC(C)(C)C(C)(C)C(CC(C)(C)C)C(=O)OCCOP(=O)(O)OCCN(C)C)C(=O)Oc1ccc(C(=O)c2ccccc2)cc1. The molecule has 0 spiro atoms. The number of hydrogen-bond donors (Lipinski definition) is 1. The van der Waals surface area contributed by atoms with Crippen molar-refractivity contribution in [3.05, 3.63) is 65.7 Å². The highest BCUT2D eigenvalue weighted by molar-refractivity contribution is 7.47. The Hall–Kier alpha value is -2.88. The van der Waals surface area contributed by atoms with Gasteiger partial charge in [0.05, 0.1) is 25.0 Å². The molecule has 0 radical (unpaired) electrons. The monoisotopic (exact) mass is 703 g/mol. The first-order valence-electron chi connectivity index (χ1n) is 16.9. The molecule has 10 nitrogen and oxygen atoms in total.